The molecular weight excluding hydrogens is 406 g/mol. The second-order valence-corrected chi connectivity index (χ2v) is 8.81. The molecule has 0 aliphatic carbocycles. The summed E-state index contributed by atoms with van der Waals surface area (Å²) in [5.41, 5.74) is 1.77. The maximum Gasteiger partial charge on any atom is 0.267 e. The zero-order chi connectivity index (χ0) is 19.6. The summed E-state index contributed by atoms with van der Waals surface area (Å²) >= 11 is 7.04. The van der Waals surface area contributed by atoms with Crippen LogP contribution in [0.4, 0.5) is 10.8 Å². The van der Waals surface area contributed by atoms with Crippen LogP contribution in [-0.4, -0.2) is 19.3 Å². The first kappa shape index (κ1) is 19.3. The molecule has 0 saturated carbocycles. The van der Waals surface area contributed by atoms with Crippen LogP contribution in [0, 0.1) is 13.8 Å². The third-order valence-electron chi connectivity index (χ3n) is 3.79. The molecule has 0 radical (unpaired) electrons. The van der Waals surface area contributed by atoms with E-state index in [1.165, 1.54) is 12.1 Å². The topological polar surface area (TPSA) is 88.2 Å². The predicted octanol–water partition coefficient (Wildman–Crippen LogP) is 4.47. The van der Waals surface area contributed by atoms with Crippen molar-refractivity contribution in [2.24, 2.45) is 0 Å². The second kappa shape index (κ2) is 7.67. The van der Waals surface area contributed by atoms with E-state index in [2.05, 4.69) is 15.0 Å². The van der Waals surface area contributed by atoms with E-state index in [1.807, 2.05) is 0 Å². The summed E-state index contributed by atoms with van der Waals surface area (Å²) in [4.78, 5) is 17.2. The van der Waals surface area contributed by atoms with E-state index in [0.29, 0.717) is 21.3 Å². The SMILES string of the molecule is Cc1nc(NS(=O)(=O)c2ccccc2)sc1C(=O)Nc1cccc(Cl)c1C. The van der Waals surface area contributed by atoms with Crippen LogP contribution in [0.2, 0.25) is 5.02 Å². The molecule has 27 heavy (non-hydrogen) atoms. The Bertz CT molecular complexity index is 1100. The van der Waals surface area contributed by atoms with E-state index in [9.17, 15) is 13.2 Å². The Labute approximate surface area is 166 Å². The highest BCUT2D eigenvalue weighted by atomic mass is 35.5. The van der Waals surface area contributed by atoms with Crippen molar-refractivity contribution in [3.05, 3.63) is 69.7 Å². The summed E-state index contributed by atoms with van der Waals surface area (Å²) in [6, 6.07) is 13.2. The monoisotopic (exact) mass is 421 g/mol. The predicted molar refractivity (Wildman–Crippen MR) is 108 cm³/mol. The van der Waals surface area contributed by atoms with Gasteiger partial charge in [-0.05, 0) is 43.7 Å². The largest absolute Gasteiger partial charge is 0.321 e. The van der Waals surface area contributed by atoms with Crippen LogP contribution in [-0.2, 0) is 10.0 Å². The Balaban J connectivity index is 1.82. The number of anilines is 2. The number of carbonyl (C=O) groups excluding carboxylic acids is 1. The molecule has 0 unspecified atom stereocenters. The smallest absolute Gasteiger partial charge is 0.267 e. The van der Waals surface area contributed by atoms with Crippen LogP contribution >= 0.6 is 22.9 Å². The maximum absolute atomic E-state index is 12.6. The zero-order valence-electron chi connectivity index (χ0n) is 14.5. The van der Waals surface area contributed by atoms with Crippen molar-refractivity contribution in [1.82, 2.24) is 4.98 Å². The molecule has 3 aromatic rings. The van der Waals surface area contributed by atoms with E-state index in [-0.39, 0.29) is 15.9 Å². The molecule has 140 valence electrons. The molecule has 0 aliphatic rings. The fraction of sp³-hybridized carbons (Fsp3) is 0.111. The highest BCUT2D eigenvalue weighted by molar-refractivity contribution is 7.93. The number of nitrogens with zero attached hydrogens (tertiary/aromatic N) is 1. The quantitative estimate of drug-likeness (QED) is 0.636. The van der Waals surface area contributed by atoms with Gasteiger partial charge in [-0.15, -0.1) is 0 Å². The lowest BCUT2D eigenvalue weighted by atomic mass is 10.2. The number of hydrogen-bond donors (Lipinski definition) is 2. The summed E-state index contributed by atoms with van der Waals surface area (Å²) in [6.45, 7) is 3.45. The van der Waals surface area contributed by atoms with Crippen molar-refractivity contribution in [3.63, 3.8) is 0 Å². The third kappa shape index (κ3) is 4.29. The minimum absolute atomic E-state index is 0.124. The van der Waals surface area contributed by atoms with Crippen molar-refractivity contribution >= 4 is 49.7 Å². The number of aromatic nitrogens is 1. The normalized spacial score (nSPS) is 11.2. The molecule has 0 spiro atoms. The van der Waals surface area contributed by atoms with Gasteiger partial charge in [0.15, 0.2) is 5.13 Å². The van der Waals surface area contributed by atoms with Gasteiger partial charge in [0.1, 0.15) is 4.88 Å². The molecule has 0 bridgehead atoms. The average Bonchev–Trinajstić information content (AvgIpc) is 2.99. The van der Waals surface area contributed by atoms with Crippen LogP contribution in [0.25, 0.3) is 0 Å². The number of aryl methyl sites for hydroxylation is 1. The Morgan fingerprint density at radius 2 is 1.78 bits per heavy atom. The highest BCUT2D eigenvalue weighted by Crippen LogP contribution is 2.28. The van der Waals surface area contributed by atoms with Gasteiger partial charge in [0, 0.05) is 10.7 Å². The molecule has 9 heteroatoms. The second-order valence-electron chi connectivity index (χ2n) is 5.72. The Morgan fingerprint density at radius 3 is 2.48 bits per heavy atom. The van der Waals surface area contributed by atoms with Gasteiger partial charge in [0.25, 0.3) is 15.9 Å². The van der Waals surface area contributed by atoms with Crippen molar-refractivity contribution in [3.8, 4) is 0 Å². The van der Waals surface area contributed by atoms with E-state index in [0.717, 1.165) is 16.9 Å². The molecule has 1 amide bonds. The first-order valence-electron chi connectivity index (χ1n) is 7.89. The molecule has 2 N–H and O–H groups in total. The van der Waals surface area contributed by atoms with Crippen LogP contribution in [0.15, 0.2) is 53.4 Å². The van der Waals surface area contributed by atoms with Gasteiger partial charge in [0.05, 0.1) is 10.6 Å². The fourth-order valence-corrected chi connectivity index (χ4v) is 4.64. The summed E-state index contributed by atoms with van der Waals surface area (Å²) in [5, 5.41) is 3.46. The molecule has 6 nitrogen and oxygen atoms in total. The number of hydrogen-bond acceptors (Lipinski definition) is 5. The number of thiazole rings is 1. The van der Waals surface area contributed by atoms with Crippen LogP contribution < -0.4 is 10.0 Å². The summed E-state index contributed by atoms with van der Waals surface area (Å²) < 4.78 is 27.2. The van der Waals surface area contributed by atoms with Gasteiger partial charge in [0.2, 0.25) is 0 Å². The number of carbonyl (C=O) groups is 1. The highest BCUT2D eigenvalue weighted by Gasteiger charge is 2.20. The lowest BCUT2D eigenvalue weighted by Gasteiger charge is -2.08. The van der Waals surface area contributed by atoms with Gasteiger partial charge in [-0.3, -0.25) is 9.52 Å². The summed E-state index contributed by atoms with van der Waals surface area (Å²) in [6.07, 6.45) is 0. The minimum Gasteiger partial charge on any atom is -0.321 e. The average molecular weight is 422 g/mol. The standard InChI is InChI=1S/C18H16ClN3O3S2/c1-11-14(19)9-6-10-15(11)21-17(23)16-12(2)20-18(26-16)22-27(24,25)13-7-4-3-5-8-13/h3-10H,1-2H3,(H,20,22)(H,21,23). The molecule has 3 rings (SSSR count). The lowest BCUT2D eigenvalue weighted by Crippen LogP contribution is -2.12. The van der Waals surface area contributed by atoms with E-state index in [4.69, 9.17) is 11.6 Å². The number of nitrogens with one attached hydrogen (secondary N) is 2. The number of halogens is 1. The molecule has 1 heterocycles. The van der Waals surface area contributed by atoms with Gasteiger partial charge in [-0.25, -0.2) is 13.4 Å². The van der Waals surface area contributed by atoms with Gasteiger partial charge in [-0.2, -0.15) is 0 Å². The van der Waals surface area contributed by atoms with E-state index >= 15 is 0 Å². The van der Waals surface area contributed by atoms with Crippen LogP contribution in [0.1, 0.15) is 20.9 Å². The molecular formula is C18H16ClN3O3S2. The van der Waals surface area contributed by atoms with Gasteiger partial charge >= 0.3 is 0 Å². The number of amides is 1. The fourth-order valence-electron chi connectivity index (χ4n) is 2.35. The minimum atomic E-state index is -3.76. The van der Waals surface area contributed by atoms with E-state index in [1.54, 1.807) is 50.2 Å². The van der Waals surface area contributed by atoms with Crippen molar-refractivity contribution in [2.45, 2.75) is 18.7 Å². The Morgan fingerprint density at radius 1 is 1.07 bits per heavy atom. The maximum atomic E-state index is 12.6. The lowest BCUT2D eigenvalue weighted by molar-refractivity contribution is 0.102. The van der Waals surface area contributed by atoms with Crippen LogP contribution in [0.3, 0.4) is 0 Å². The molecule has 0 saturated heterocycles. The number of sulfonamides is 1. The van der Waals surface area contributed by atoms with Crippen molar-refractivity contribution < 1.29 is 13.2 Å². The molecule has 1 aromatic heterocycles. The third-order valence-corrected chi connectivity index (χ3v) is 6.76. The van der Waals surface area contributed by atoms with Gasteiger partial charge in [-0.1, -0.05) is 47.2 Å². The van der Waals surface area contributed by atoms with Crippen molar-refractivity contribution in [1.29, 1.82) is 0 Å². The number of rotatable bonds is 5. The van der Waals surface area contributed by atoms with Gasteiger partial charge < -0.3 is 5.32 Å². The molecule has 0 aliphatic heterocycles. The first-order chi connectivity index (χ1) is 12.8. The van der Waals surface area contributed by atoms with E-state index < -0.39 is 10.0 Å². The molecule has 0 atom stereocenters. The Hall–Kier alpha value is -2.42. The molecule has 0 fully saturated rings. The summed E-state index contributed by atoms with van der Waals surface area (Å²) in [7, 11) is -3.76. The summed E-state index contributed by atoms with van der Waals surface area (Å²) in [5.74, 6) is -0.375. The number of benzene rings is 2. The Kier molecular flexibility index (Phi) is 5.50. The first-order valence-corrected chi connectivity index (χ1v) is 10.6. The zero-order valence-corrected chi connectivity index (χ0v) is 16.9. The van der Waals surface area contributed by atoms with Crippen molar-refractivity contribution in [2.75, 3.05) is 10.0 Å². The van der Waals surface area contributed by atoms with Crippen LogP contribution in [0.5, 0.6) is 0 Å². The molecule has 2 aromatic carbocycles.